The highest BCUT2D eigenvalue weighted by atomic mass is 19.4. The van der Waals surface area contributed by atoms with Crippen LogP contribution < -0.4 is 4.90 Å². The van der Waals surface area contributed by atoms with Crippen molar-refractivity contribution in [2.24, 2.45) is 0 Å². The molecule has 0 aliphatic carbocycles. The normalized spacial score (nSPS) is 14.7. The molecule has 1 saturated heterocycles. The Kier molecular flexibility index (Phi) is 5.34. The third-order valence-electron chi connectivity index (χ3n) is 5.31. The molecular weight excluding hydrogens is 407 g/mol. The lowest BCUT2D eigenvalue weighted by Gasteiger charge is -2.37. The summed E-state index contributed by atoms with van der Waals surface area (Å²) in [4.78, 5) is 12.4. The molecule has 1 aliphatic heterocycles. The fourth-order valence-electron chi connectivity index (χ4n) is 3.61. The van der Waals surface area contributed by atoms with Crippen molar-refractivity contribution in [3.63, 3.8) is 0 Å². The zero-order chi connectivity index (χ0) is 22.2. The van der Waals surface area contributed by atoms with Crippen LogP contribution in [0.15, 0.2) is 55.6 Å². The standard InChI is InChI=1S/C22H22F3N5O/c1-15-13-30(14-27-15)19-10-17(9-18(11-19)22(23,24)25)16(2)28-5-7-29(8-6-28)21-4-3-20(31)12-26-21/h3-4,9-14,31H,2,5-8H2,1H3. The highest BCUT2D eigenvalue weighted by Crippen LogP contribution is 2.34. The summed E-state index contributed by atoms with van der Waals surface area (Å²) in [5.74, 6) is 0.851. The summed E-state index contributed by atoms with van der Waals surface area (Å²) in [5, 5.41) is 9.40. The molecule has 6 nitrogen and oxygen atoms in total. The first-order chi connectivity index (χ1) is 14.7. The predicted octanol–water partition coefficient (Wildman–Crippen LogP) is 4.09. The van der Waals surface area contributed by atoms with Crippen LogP contribution in [0.1, 0.15) is 16.8 Å². The third kappa shape index (κ3) is 4.50. The van der Waals surface area contributed by atoms with E-state index in [0.29, 0.717) is 43.1 Å². The zero-order valence-electron chi connectivity index (χ0n) is 17.0. The largest absolute Gasteiger partial charge is 0.506 e. The molecule has 1 aromatic carbocycles. The van der Waals surface area contributed by atoms with E-state index in [2.05, 4.69) is 21.4 Å². The van der Waals surface area contributed by atoms with Crippen molar-refractivity contribution in [1.29, 1.82) is 0 Å². The van der Waals surface area contributed by atoms with Crippen molar-refractivity contribution in [3.8, 4) is 11.4 Å². The number of hydrogen-bond donors (Lipinski definition) is 1. The van der Waals surface area contributed by atoms with Gasteiger partial charge in [0.25, 0.3) is 0 Å². The van der Waals surface area contributed by atoms with Crippen molar-refractivity contribution in [2.45, 2.75) is 13.1 Å². The zero-order valence-corrected chi connectivity index (χ0v) is 17.0. The molecule has 3 heterocycles. The molecule has 4 rings (SSSR count). The van der Waals surface area contributed by atoms with Crippen molar-refractivity contribution < 1.29 is 18.3 Å². The minimum absolute atomic E-state index is 0.101. The monoisotopic (exact) mass is 429 g/mol. The Morgan fingerprint density at radius 1 is 1.06 bits per heavy atom. The van der Waals surface area contributed by atoms with Crippen molar-refractivity contribution in [1.82, 2.24) is 19.4 Å². The number of benzene rings is 1. The number of aromatic nitrogens is 3. The smallest absolute Gasteiger partial charge is 0.416 e. The van der Waals surface area contributed by atoms with Crippen LogP contribution in [0.3, 0.4) is 0 Å². The number of anilines is 1. The van der Waals surface area contributed by atoms with E-state index in [1.165, 1.54) is 12.5 Å². The molecule has 162 valence electrons. The minimum atomic E-state index is -4.47. The van der Waals surface area contributed by atoms with Gasteiger partial charge in [-0.1, -0.05) is 6.58 Å². The van der Waals surface area contributed by atoms with Gasteiger partial charge >= 0.3 is 6.18 Å². The van der Waals surface area contributed by atoms with Gasteiger partial charge in [0.2, 0.25) is 0 Å². The van der Waals surface area contributed by atoms with Crippen LogP contribution in [0.2, 0.25) is 0 Å². The van der Waals surface area contributed by atoms with Gasteiger partial charge in [-0.05, 0) is 42.8 Å². The molecule has 0 spiro atoms. The molecule has 0 unspecified atom stereocenters. The van der Waals surface area contributed by atoms with Crippen LogP contribution in [0.4, 0.5) is 19.0 Å². The minimum Gasteiger partial charge on any atom is -0.506 e. The lowest BCUT2D eigenvalue weighted by Crippen LogP contribution is -2.45. The quantitative estimate of drug-likeness (QED) is 0.677. The fraction of sp³-hybridized carbons (Fsp3) is 0.273. The van der Waals surface area contributed by atoms with E-state index in [1.807, 2.05) is 4.90 Å². The number of nitrogens with zero attached hydrogens (tertiary/aromatic N) is 5. The van der Waals surface area contributed by atoms with E-state index in [0.717, 1.165) is 23.6 Å². The molecule has 9 heteroatoms. The number of pyridine rings is 1. The number of aryl methyl sites for hydroxylation is 1. The Hall–Kier alpha value is -3.49. The second kappa shape index (κ2) is 7.98. The van der Waals surface area contributed by atoms with Crippen LogP contribution in [-0.4, -0.2) is 50.7 Å². The lowest BCUT2D eigenvalue weighted by atomic mass is 10.0. The van der Waals surface area contributed by atoms with Crippen molar-refractivity contribution >= 4 is 11.5 Å². The van der Waals surface area contributed by atoms with E-state index in [1.54, 1.807) is 35.9 Å². The Bertz CT molecular complexity index is 1080. The van der Waals surface area contributed by atoms with Crippen molar-refractivity contribution in [3.05, 3.63) is 72.5 Å². The number of imidazole rings is 1. The number of alkyl halides is 3. The van der Waals surface area contributed by atoms with Gasteiger partial charge < -0.3 is 19.5 Å². The van der Waals surface area contributed by atoms with E-state index in [9.17, 15) is 18.3 Å². The summed E-state index contributed by atoms with van der Waals surface area (Å²) in [6, 6.07) is 7.28. The summed E-state index contributed by atoms with van der Waals surface area (Å²) in [6.07, 6.45) is 0.110. The maximum Gasteiger partial charge on any atom is 0.416 e. The highest BCUT2D eigenvalue weighted by molar-refractivity contribution is 5.66. The summed E-state index contributed by atoms with van der Waals surface area (Å²) in [5.41, 5.74) is 1.35. The molecule has 1 fully saturated rings. The van der Waals surface area contributed by atoms with Gasteiger partial charge in [-0.25, -0.2) is 9.97 Å². The molecule has 0 bridgehead atoms. The Morgan fingerprint density at radius 2 is 1.81 bits per heavy atom. The van der Waals surface area contributed by atoms with E-state index in [-0.39, 0.29) is 5.75 Å². The number of hydrogen-bond acceptors (Lipinski definition) is 5. The summed E-state index contributed by atoms with van der Waals surface area (Å²) in [6.45, 7) is 8.34. The topological polar surface area (TPSA) is 57.4 Å². The molecule has 3 aromatic rings. The first-order valence-electron chi connectivity index (χ1n) is 9.78. The maximum absolute atomic E-state index is 13.5. The maximum atomic E-state index is 13.5. The molecule has 1 N–H and O–H groups in total. The number of halogens is 3. The van der Waals surface area contributed by atoms with Crippen LogP contribution in [0.5, 0.6) is 5.75 Å². The Morgan fingerprint density at radius 3 is 2.39 bits per heavy atom. The van der Waals surface area contributed by atoms with Gasteiger partial charge in [0.15, 0.2) is 0 Å². The van der Waals surface area contributed by atoms with Gasteiger partial charge in [-0.15, -0.1) is 0 Å². The molecule has 2 aromatic heterocycles. The summed E-state index contributed by atoms with van der Waals surface area (Å²) >= 11 is 0. The molecule has 1 aliphatic rings. The van der Waals surface area contributed by atoms with Gasteiger partial charge in [0, 0.05) is 43.8 Å². The predicted molar refractivity (Wildman–Crippen MR) is 112 cm³/mol. The summed E-state index contributed by atoms with van der Waals surface area (Å²) in [7, 11) is 0. The first kappa shape index (κ1) is 20.8. The van der Waals surface area contributed by atoms with Gasteiger partial charge in [0.1, 0.15) is 11.6 Å². The highest BCUT2D eigenvalue weighted by Gasteiger charge is 2.32. The van der Waals surface area contributed by atoms with Gasteiger partial charge in [0.05, 0.1) is 23.8 Å². The van der Waals surface area contributed by atoms with Gasteiger partial charge in [-0.2, -0.15) is 13.2 Å². The van der Waals surface area contributed by atoms with Crippen LogP contribution in [-0.2, 0) is 6.18 Å². The van der Waals surface area contributed by atoms with E-state index in [4.69, 9.17) is 0 Å². The number of aromatic hydroxyl groups is 1. The lowest BCUT2D eigenvalue weighted by molar-refractivity contribution is -0.137. The van der Waals surface area contributed by atoms with Crippen molar-refractivity contribution in [2.75, 3.05) is 31.1 Å². The Labute approximate surface area is 177 Å². The second-order valence-corrected chi connectivity index (χ2v) is 7.48. The summed E-state index contributed by atoms with van der Waals surface area (Å²) < 4.78 is 42.2. The van der Waals surface area contributed by atoms with Crippen LogP contribution in [0.25, 0.3) is 11.4 Å². The molecule has 0 saturated carbocycles. The second-order valence-electron chi connectivity index (χ2n) is 7.48. The number of rotatable bonds is 4. The van der Waals surface area contributed by atoms with Crippen LogP contribution >= 0.6 is 0 Å². The number of piperazine rings is 1. The SMILES string of the molecule is C=C(c1cc(-n2cnc(C)c2)cc(C(F)(F)F)c1)N1CCN(c2ccc(O)cn2)CC1. The third-order valence-corrected chi connectivity index (χ3v) is 5.31. The average molecular weight is 429 g/mol. The van der Waals surface area contributed by atoms with Gasteiger partial charge in [-0.3, -0.25) is 0 Å². The average Bonchev–Trinajstić information content (AvgIpc) is 3.19. The molecule has 31 heavy (non-hydrogen) atoms. The Balaban J connectivity index is 1.56. The molecule has 0 radical (unpaired) electrons. The molecule has 0 atom stereocenters. The first-order valence-corrected chi connectivity index (χ1v) is 9.78. The molecular formula is C22H22F3N5O. The molecule has 0 amide bonds. The fourth-order valence-corrected chi connectivity index (χ4v) is 3.61. The van der Waals surface area contributed by atoms with Crippen LogP contribution in [0, 0.1) is 6.92 Å². The van der Waals surface area contributed by atoms with E-state index >= 15 is 0 Å². The van der Waals surface area contributed by atoms with E-state index < -0.39 is 11.7 Å².